The molecule has 10 heteroatoms. The van der Waals surface area contributed by atoms with Crippen LogP contribution in [0.15, 0.2) is 54.7 Å². The first-order valence-electron chi connectivity index (χ1n) is 14.3. The standard InChI is InChI=1S/C32H30ClFN4O4/c33-22-15-25(34)30(35-16-22)28-7-5-20-2-1-3-24(31(20)42-28)19-8-11-37(12-9-19)18-29-36-26-6-4-21(32(39)40)14-27(26)38(29)17-23-10-13-41-23/h1-7,14-16,19,23,28H,8-13,17-18H2,(H,39,40)/t23-,28+/m0/s1. The SMILES string of the molecule is O=C(O)c1ccc2nc(CN3CCC(c4cccc5c4O[C@@H](c4ncc(Cl)cc4F)C=C5)CC3)n(C[C@@H]3CCO3)c2c1. The first kappa shape index (κ1) is 27.1. The summed E-state index contributed by atoms with van der Waals surface area (Å²) in [6.45, 7) is 3.85. The normalized spacial score (nSPS) is 20.7. The Balaban J connectivity index is 1.08. The zero-order valence-electron chi connectivity index (χ0n) is 22.9. The lowest BCUT2D eigenvalue weighted by Crippen LogP contribution is -2.35. The maximum Gasteiger partial charge on any atom is 0.335 e. The average Bonchev–Trinajstić information content (AvgIpc) is 3.30. The molecule has 2 saturated heterocycles. The minimum atomic E-state index is -0.948. The number of pyridine rings is 1. The summed E-state index contributed by atoms with van der Waals surface area (Å²) < 4.78 is 28.8. The molecule has 216 valence electrons. The maximum absolute atomic E-state index is 14.6. The monoisotopic (exact) mass is 588 g/mol. The Morgan fingerprint density at radius 3 is 2.71 bits per heavy atom. The number of carbonyl (C=O) groups is 1. The number of imidazole rings is 1. The van der Waals surface area contributed by atoms with Crippen LogP contribution in [0.25, 0.3) is 17.1 Å². The third-order valence-corrected chi connectivity index (χ3v) is 8.73. The lowest BCUT2D eigenvalue weighted by molar-refractivity contribution is -0.0592. The van der Waals surface area contributed by atoms with Crippen LogP contribution in [-0.2, 0) is 17.8 Å². The van der Waals surface area contributed by atoms with Gasteiger partial charge in [0.05, 0.1) is 40.8 Å². The molecule has 0 amide bonds. The van der Waals surface area contributed by atoms with Crippen LogP contribution in [0, 0.1) is 5.82 Å². The number of aromatic nitrogens is 3. The number of aromatic carboxylic acids is 1. The molecule has 2 aromatic carbocycles. The van der Waals surface area contributed by atoms with E-state index in [4.69, 9.17) is 26.1 Å². The average molecular weight is 589 g/mol. The van der Waals surface area contributed by atoms with Gasteiger partial charge in [-0.15, -0.1) is 0 Å². The van der Waals surface area contributed by atoms with Crippen molar-refractivity contribution < 1.29 is 23.8 Å². The van der Waals surface area contributed by atoms with E-state index in [1.807, 2.05) is 24.3 Å². The second-order valence-corrected chi connectivity index (χ2v) is 11.6. The van der Waals surface area contributed by atoms with E-state index in [1.165, 1.54) is 12.3 Å². The second kappa shape index (κ2) is 11.1. The summed E-state index contributed by atoms with van der Waals surface area (Å²) >= 11 is 5.91. The van der Waals surface area contributed by atoms with Crippen LogP contribution in [0.5, 0.6) is 5.75 Å². The number of fused-ring (bicyclic) bond motifs is 2. The number of halogens is 2. The van der Waals surface area contributed by atoms with Crippen LogP contribution in [0.1, 0.15) is 64.3 Å². The second-order valence-electron chi connectivity index (χ2n) is 11.2. The Bertz CT molecular complexity index is 1690. The van der Waals surface area contributed by atoms with Crippen molar-refractivity contribution in [3.63, 3.8) is 0 Å². The molecule has 7 rings (SSSR count). The van der Waals surface area contributed by atoms with Crippen LogP contribution in [0.4, 0.5) is 4.39 Å². The Kier molecular flexibility index (Phi) is 7.17. The quantitative estimate of drug-likeness (QED) is 0.273. The summed E-state index contributed by atoms with van der Waals surface area (Å²) in [4.78, 5) is 23.1. The van der Waals surface area contributed by atoms with E-state index >= 15 is 0 Å². The summed E-state index contributed by atoms with van der Waals surface area (Å²) in [6, 6.07) is 12.5. The van der Waals surface area contributed by atoms with Gasteiger partial charge < -0.3 is 19.1 Å². The molecule has 2 aromatic heterocycles. The lowest BCUT2D eigenvalue weighted by Gasteiger charge is -2.34. The van der Waals surface area contributed by atoms with Gasteiger partial charge >= 0.3 is 5.97 Å². The fourth-order valence-electron chi connectivity index (χ4n) is 6.17. The predicted octanol–water partition coefficient (Wildman–Crippen LogP) is 6.24. The molecule has 0 unspecified atom stereocenters. The van der Waals surface area contributed by atoms with Crippen LogP contribution in [0.3, 0.4) is 0 Å². The van der Waals surface area contributed by atoms with Crippen molar-refractivity contribution in [3.8, 4) is 5.75 Å². The first-order valence-corrected chi connectivity index (χ1v) is 14.7. The fourth-order valence-corrected chi connectivity index (χ4v) is 6.31. The van der Waals surface area contributed by atoms with Gasteiger partial charge in [-0.25, -0.2) is 14.2 Å². The van der Waals surface area contributed by atoms with Gasteiger partial charge in [0.15, 0.2) is 6.10 Å². The van der Waals surface area contributed by atoms with Gasteiger partial charge in [0.2, 0.25) is 0 Å². The van der Waals surface area contributed by atoms with Crippen molar-refractivity contribution in [1.82, 2.24) is 19.4 Å². The summed E-state index contributed by atoms with van der Waals surface area (Å²) in [7, 11) is 0. The van der Waals surface area contributed by atoms with Crippen LogP contribution in [0.2, 0.25) is 5.02 Å². The summed E-state index contributed by atoms with van der Waals surface area (Å²) in [6.07, 6.45) is 7.62. The molecule has 0 radical (unpaired) electrons. The number of rotatable bonds is 7. The molecule has 1 N–H and O–H groups in total. The molecule has 3 aliphatic heterocycles. The van der Waals surface area contributed by atoms with E-state index in [2.05, 4.69) is 20.5 Å². The molecule has 0 saturated carbocycles. The minimum Gasteiger partial charge on any atom is -0.479 e. The van der Waals surface area contributed by atoms with Gasteiger partial charge in [-0.2, -0.15) is 0 Å². The fraction of sp³-hybridized carbons (Fsp3) is 0.344. The minimum absolute atomic E-state index is 0.124. The Labute approximate surface area is 247 Å². The van der Waals surface area contributed by atoms with Gasteiger partial charge in [0.25, 0.3) is 0 Å². The molecule has 8 nitrogen and oxygen atoms in total. The number of hydrogen-bond donors (Lipinski definition) is 1. The van der Waals surface area contributed by atoms with Gasteiger partial charge in [0, 0.05) is 18.4 Å². The first-order chi connectivity index (χ1) is 20.4. The summed E-state index contributed by atoms with van der Waals surface area (Å²) in [5.41, 5.74) is 4.21. The highest BCUT2D eigenvalue weighted by atomic mass is 35.5. The molecule has 4 aromatic rings. The third kappa shape index (κ3) is 5.17. The van der Waals surface area contributed by atoms with E-state index in [9.17, 15) is 14.3 Å². The number of carboxylic acids is 1. The third-order valence-electron chi connectivity index (χ3n) is 8.52. The lowest BCUT2D eigenvalue weighted by atomic mass is 9.87. The summed E-state index contributed by atoms with van der Waals surface area (Å²) in [5, 5.41) is 9.78. The number of likely N-dealkylation sites (tertiary alicyclic amines) is 1. The topological polar surface area (TPSA) is 89.7 Å². The number of carboxylic acid groups (broad SMARTS) is 1. The van der Waals surface area contributed by atoms with Crippen LogP contribution in [-0.4, -0.2) is 56.3 Å². The predicted molar refractivity (Wildman–Crippen MR) is 156 cm³/mol. The zero-order chi connectivity index (χ0) is 28.8. The van der Waals surface area contributed by atoms with Crippen molar-refractivity contribution in [2.75, 3.05) is 19.7 Å². The maximum atomic E-state index is 14.6. The number of nitrogens with zero attached hydrogens (tertiary/aromatic N) is 4. The van der Waals surface area contributed by atoms with Gasteiger partial charge in [0.1, 0.15) is 23.1 Å². The number of hydrogen-bond acceptors (Lipinski definition) is 6. The van der Waals surface area contributed by atoms with Crippen molar-refractivity contribution in [2.24, 2.45) is 0 Å². The molecule has 0 aliphatic carbocycles. The van der Waals surface area contributed by atoms with E-state index in [0.717, 1.165) is 72.7 Å². The van der Waals surface area contributed by atoms with Crippen LogP contribution >= 0.6 is 11.6 Å². The molecule has 5 heterocycles. The van der Waals surface area contributed by atoms with Gasteiger partial charge in [-0.05, 0) is 74.2 Å². The number of ether oxygens (including phenoxy) is 2. The molecule has 2 fully saturated rings. The molecule has 0 bridgehead atoms. The van der Waals surface area contributed by atoms with Gasteiger partial charge in [-0.3, -0.25) is 9.88 Å². The smallest absolute Gasteiger partial charge is 0.335 e. The highest BCUT2D eigenvalue weighted by molar-refractivity contribution is 6.30. The van der Waals surface area contributed by atoms with Gasteiger partial charge in [-0.1, -0.05) is 35.9 Å². The largest absolute Gasteiger partial charge is 0.479 e. The van der Waals surface area contributed by atoms with E-state index in [1.54, 1.807) is 18.2 Å². The van der Waals surface area contributed by atoms with Crippen molar-refractivity contribution in [3.05, 3.63) is 93.8 Å². The molecule has 2 atom stereocenters. The van der Waals surface area contributed by atoms with E-state index in [-0.39, 0.29) is 22.4 Å². The highest BCUT2D eigenvalue weighted by Crippen LogP contribution is 2.42. The van der Waals surface area contributed by atoms with Crippen molar-refractivity contribution >= 4 is 34.7 Å². The molecule has 0 spiro atoms. The Morgan fingerprint density at radius 1 is 1.14 bits per heavy atom. The molecule has 42 heavy (non-hydrogen) atoms. The van der Waals surface area contributed by atoms with Crippen molar-refractivity contribution in [1.29, 1.82) is 0 Å². The number of para-hydroxylation sites is 1. The molecular weight excluding hydrogens is 559 g/mol. The zero-order valence-corrected chi connectivity index (χ0v) is 23.6. The summed E-state index contributed by atoms with van der Waals surface area (Å²) in [5.74, 6) is 0.576. The van der Waals surface area contributed by atoms with Crippen LogP contribution < -0.4 is 4.74 Å². The Morgan fingerprint density at radius 2 is 1.98 bits per heavy atom. The Hall–Kier alpha value is -3.79. The molecule has 3 aliphatic rings. The highest BCUT2D eigenvalue weighted by Gasteiger charge is 2.29. The van der Waals surface area contributed by atoms with E-state index in [0.29, 0.717) is 19.0 Å². The number of piperidine rings is 1. The molecular formula is C32H30ClFN4O4. The van der Waals surface area contributed by atoms with E-state index < -0.39 is 17.9 Å². The number of benzene rings is 2. The van der Waals surface area contributed by atoms with Crippen molar-refractivity contribution in [2.45, 2.75) is 50.5 Å².